The van der Waals surface area contributed by atoms with E-state index in [9.17, 15) is 0 Å². The van der Waals surface area contributed by atoms with Crippen LogP contribution >= 0.6 is 0 Å². The Morgan fingerprint density at radius 1 is 1.33 bits per heavy atom. The summed E-state index contributed by atoms with van der Waals surface area (Å²) in [5, 5.41) is 13.2. The first-order valence-electron chi connectivity index (χ1n) is 3.85. The molecule has 1 N–H and O–H groups in total. The second kappa shape index (κ2) is 3.30. The summed E-state index contributed by atoms with van der Waals surface area (Å²) in [5.41, 5.74) is 1.99. The number of hydrogen-bond donors (Lipinski definition) is 1. The molecule has 0 amide bonds. The molecule has 0 saturated heterocycles. The number of fused-ring (bicyclic) bond motifs is 1. The number of hydrogen-bond acceptors (Lipinski definition) is 2. The first-order valence-corrected chi connectivity index (χ1v) is 5.92. The SMILES string of the molecule is ON=C1CC[Se]c2ccccc21. The van der Waals surface area contributed by atoms with Crippen molar-refractivity contribution in [1.82, 2.24) is 0 Å². The molecular formula is C9H9NOSe. The van der Waals surface area contributed by atoms with Gasteiger partial charge in [-0.05, 0) is 0 Å². The summed E-state index contributed by atoms with van der Waals surface area (Å²) < 4.78 is 1.36. The summed E-state index contributed by atoms with van der Waals surface area (Å²) >= 11 is 0.574. The number of benzene rings is 1. The summed E-state index contributed by atoms with van der Waals surface area (Å²) in [7, 11) is 0. The zero-order chi connectivity index (χ0) is 8.39. The first kappa shape index (κ1) is 7.84. The van der Waals surface area contributed by atoms with Crippen molar-refractivity contribution < 1.29 is 5.21 Å². The fourth-order valence-corrected chi connectivity index (χ4v) is 3.49. The molecule has 12 heavy (non-hydrogen) atoms. The molecule has 0 aliphatic carbocycles. The zero-order valence-electron chi connectivity index (χ0n) is 6.53. The second-order valence-electron chi connectivity index (χ2n) is 2.64. The van der Waals surface area contributed by atoms with Crippen LogP contribution in [-0.4, -0.2) is 25.9 Å². The molecule has 0 fully saturated rings. The Morgan fingerprint density at radius 2 is 2.17 bits per heavy atom. The van der Waals surface area contributed by atoms with Gasteiger partial charge in [0.1, 0.15) is 0 Å². The van der Waals surface area contributed by atoms with Crippen LogP contribution in [0.25, 0.3) is 0 Å². The topological polar surface area (TPSA) is 32.6 Å². The summed E-state index contributed by atoms with van der Waals surface area (Å²) in [4.78, 5) is 0. The third-order valence-corrected chi connectivity index (χ3v) is 4.17. The van der Waals surface area contributed by atoms with Crippen LogP contribution in [0.5, 0.6) is 0 Å². The van der Waals surface area contributed by atoms with Crippen LogP contribution in [0.15, 0.2) is 29.4 Å². The average Bonchev–Trinajstić information content (AvgIpc) is 2.17. The van der Waals surface area contributed by atoms with Crippen molar-refractivity contribution in [1.29, 1.82) is 0 Å². The van der Waals surface area contributed by atoms with Gasteiger partial charge in [0, 0.05) is 0 Å². The normalized spacial score (nSPS) is 19.2. The van der Waals surface area contributed by atoms with Gasteiger partial charge in [-0.2, -0.15) is 0 Å². The van der Waals surface area contributed by atoms with Gasteiger partial charge in [-0.15, -0.1) is 0 Å². The Balaban J connectivity index is 2.51. The first-order chi connectivity index (χ1) is 5.92. The Bertz CT molecular complexity index is 322. The molecule has 1 heterocycles. The van der Waals surface area contributed by atoms with Crippen molar-refractivity contribution >= 4 is 25.1 Å². The van der Waals surface area contributed by atoms with E-state index in [1.54, 1.807) is 0 Å². The standard InChI is InChI=1S/C9H9NOSe/c11-10-8-5-6-12-9-4-2-1-3-7(8)9/h1-4,11H,5-6H2. The summed E-state index contributed by atoms with van der Waals surface area (Å²) in [5.74, 6) is 0. The summed E-state index contributed by atoms with van der Waals surface area (Å²) in [6.07, 6.45) is 0.924. The summed E-state index contributed by atoms with van der Waals surface area (Å²) in [6.45, 7) is 0. The van der Waals surface area contributed by atoms with Crippen molar-refractivity contribution in [3.05, 3.63) is 29.8 Å². The van der Waals surface area contributed by atoms with Gasteiger partial charge in [0.05, 0.1) is 0 Å². The zero-order valence-corrected chi connectivity index (χ0v) is 8.24. The molecule has 0 spiro atoms. The van der Waals surface area contributed by atoms with Gasteiger partial charge in [-0.25, -0.2) is 0 Å². The molecule has 3 heteroatoms. The van der Waals surface area contributed by atoms with E-state index in [4.69, 9.17) is 5.21 Å². The number of rotatable bonds is 0. The van der Waals surface area contributed by atoms with Gasteiger partial charge in [0.2, 0.25) is 0 Å². The predicted octanol–water partition coefficient (Wildman–Crippen LogP) is 1.02. The Kier molecular flexibility index (Phi) is 2.15. The van der Waals surface area contributed by atoms with E-state index in [1.165, 1.54) is 4.46 Å². The molecule has 2 rings (SSSR count). The van der Waals surface area contributed by atoms with Crippen molar-refractivity contribution in [3.63, 3.8) is 0 Å². The minimum atomic E-state index is 0.574. The van der Waals surface area contributed by atoms with Crippen LogP contribution in [0.1, 0.15) is 12.0 Å². The molecule has 1 aliphatic heterocycles. The Hall–Kier alpha value is -0.791. The molecule has 0 unspecified atom stereocenters. The number of oxime groups is 1. The van der Waals surface area contributed by atoms with Crippen LogP contribution in [-0.2, 0) is 0 Å². The molecule has 0 saturated carbocycles. The molecule has 1 aromatic carbocycles. The van der Waals surface area contributed by atoms with Gasteiger partial charge >= 0.3 is 77.1 Å². The van der Waals surface area contributed by atoms with Gasteiger partial charge in [0.25, 0.3) is 0 Å². The van der Waals surface area contributed by atoms with Gasteiger partial charge in [-0.3, -0.25) is 0 Å². The summed E-state index contributed by atoms with van der Waals surface area (Å²) in [6, 6.07) is 8.19. The molecule has 2 nitrogen and oxygen atoms in total. The average molecular weight is 226 g/mol. The van der Waals surface area contributed by atoms with Crippen molar-refractivity contribution in [2.24, 2.45) is 5.16 Å². The van der Waals surface area contributed by atoms with E-state index in [1.807, 2.05) is 18.2 Å². The predicted molar refractivity (Wildman–Crippen MR) is 49.6 cm³/mol. The monoisotopic (exact) mass is 227 g/mol. The van der Waals surface area contributed by atoms with Crippen LogP contribution < -0.4 is 4.46 Å². The van der Waals surface area contributed by atoms with E-state index in [-0.39, 0.29) is 0 Å². The molecule has 1 aliphatic rings. The third kappa shape index (κ3) is 1.26. The molecule has 0 aromatic heterocycles. The quantitative estimate of drug-likeness (QED) is 0.400. The van der Waals surface area contributed by atoms with Crippen molar-refractivity contribution in [2.45, 2.75) is 11.7 Å². The molecule has 0 atom stereocenters. The van der Waals surface area contributed by atoms with Gasteiger partial charge < -0.3 is 0 Å². The Morgan fingerprint density at radius 3 is 3.00 bits per heavy atom. The van der Waals surface area contributed by atoms with E-state index in [0.717, 1.165) is 23.0 Å². The van der Waals surface area contributed by atoms with Crippen LogP contribution in [0.3, 0.4) is 0 Å². The second-order valence-corrected chi connectivity index (χ2v) is 5.03. The fraction of sp³-hybridized carbons (Fsp3) is 0.222. The third-order valence-electron chi connectivity index (χ3n) is 1.92. The van der Waals surface area contributed by atoms with E-state index in [0.29, 0.717) is 15.0 Å². The van der Waals surface area contributed by atoms with Gasteiger partial charge in [0.15, 0.2) is 0 Å². The van der Waals surface area contributed by atoms with E-state index >= 15 is 0 Å². The van der Waals surface area contributed by atoms with Crippen LogP contribution in [0, 0.1) is 0 Å². The number of nitrogens with zero attached hydrogens (tertiary/aromatic N) is 1. The molecular weight excluding hydrogens is 217 g/mol. The molecule has 0 radical (unpaired) electrons. The van der Waals surface area contributed by atoms with Crippen LogP contribution in [0.2, 0.25) is 5.32 Å². The Labute approximate surface area is 77.4 Å². The molecule has 1 aromatic rings. The minimum absolute atomic E-state index is 0.574. The van der Waals surface area contributed by atoms with Gasteiger partial charge in [-0.1, -0.05) is 0 Å². The molecule has 0 bridgehead atoms. The van der Waals surface area contributed by atoms with Crippen LogP contribution in [0.4, 0.5) is 0 Å². The maximum absolute atomic E-state index is 8.73. The van der Waals surface area contributed by atoms with E-state index < -0.39 is 0 Å². The molecule has 62 valence electrons. The van der Waals surface area contributed by atoms with E-state index in [2.05, 4.69) is 11.2 Å². The van der Waals surface area contributed by atoms with Crippen molar-refractivity contribution in [3.8, 4) is 0 Å². The fourth-order valence-electron chi connectivity index (χ4n) is 1.33. The maximum atomic E-state index is 8.73. The van der Waals surface area contributed by atoms with Crippen molar-refractivity contribution in [2.75, 3.05) is 0 Å².